The monoisotopic (exact) mass is 292 g/mol. The lowest BCUT2D eigenvalue weighted by Crippen LogP contribution is -2.02. The van der Waals surface area contributed by atoms with E-state index < -0.39 is 11.9 Å². The maximum Gasteiger partial charge on any atom is 0.305 e. The highest BCUT2D eigenvalue weighted by molar-refractivity contribution is 5.69. The summed E-state index contributed by atoms with van der Waals surface area (Å²) in [6, 6.07) is 0. The van der Waals surface area contributed by atoms with Crippen molar-refractivity contribution < 1.29 is 29.3 Å². The summed E-state index contributed by atoms with van der Waals surface area (Å²) in [5.74, 6) is -1.71. The predicted octanol–water partition coefficient (Wildman–Crippen LogP) is 3.09. The number of rotatable bonds is 7. The first-order valence-corrected chi connectivity index (χ1v) is 6.82. The van der Waals surface area contributed by atoms with Gasteiger partial charge in [-0.15, -0.1) is 0 Å². The molecule has 0 aliphatic rings. The Balaban J connectivity index is -0.000000297. The molecule has 2 N–H and O–H groups in total. The van der Waals surface area contributed by atoms with Crippen molar-refractivity contribution in [2.24, 2.45) is 0 Å². The average molecular weight is 292 g/mol. The number of carbonyl (C=O) groups excluding carboxylic acids is 1. The molecule has 0 heterocycles. The fraction of sp³-hybridized carbons (Fsp3) is 0.786. The van der Waals surface area contributed by atoms with Gasteiger partial charge in [0.05, 0.1) is 6.61 Å². The van der Waals surface area contributed by atoms with Crippen molar-refractivity contribution in [3.63, 3.8) is 0 Å². The fourth-order valence-electron chi connectivity index (χ4n) is 1.11. The number of esters is 1. The predicted molar refractivity (Wildman–Crippen MR) is 76.6 cm³/mol. The molecule has 20 heavy (non-hydrogen) atoms. The number of carboxylic acid groups (broad SMARTS) is 2. The molecular weight excluding hydrogens is 264 g/mol. The lowest BCUT2D eigenvalue weighted by atomic mass is 10.1. The SMILES string of the molecule is CC(=O)O.CC(=O)O.CCCCCCCC(=O)OCC. The van der Waals surface area contributed by atoms with Gasteiger partial charge in [-0.2, -0.15) is 0 Å². The van der Waals surface area contributed by atoms with Crippen molar-refractivity contribution in [2.45, 2.75) is 66.2 Å². The van der Waals surface area contributed by atoms with Crippen LogP contribution in [0.15, 0.2) is 0 Å². The molecule has 0 saturated heterocycles. The molecule has 0 spiro atoms. The molecule has 0 radical (unpaired) electrons. The molecule has 0 rings (SSSR count). The summed E-state index contributed by atoms with van der Waals surface area (Å²) in [6.45, 7) is 6.70. The number of carboxylic acids is 2. The van der Waals surface area contributed by atoms with E-state index in [0.29, 0.717) is 13.0 Å². The molecule has 0 aliphatic carbocycles. The summed E-state index contributed by atoms with van der Waals surface area (Å²) in [7, 11) is 0. The first-order chi connectivity index (χ1) is 9.27. The third-order valence-corrected chi connectivity index (χ3v) is 1.79. The van der Waals surface area contributed by atoms with Crippen LogP contribution in [0.3, 0.4) is 0 Å². The third-order valence-electron chi connectivity index (χ3n) is 1.79. The van der Waals surface area contributed by atoms with Crippen molar-refractivity contribution in [3.05, 3.63) is 0 Å². The van der Waals surface area contributed by atoms with E-state index in [-0.39, 0.29) is 5.97 Å². The Morgan fingerprint density at radius 1 is 0.850 bits per heavy atom. The lowest BCUT2D eigenvalue weighted by molar-refractivity contribution is -0.143. The van der Waals surface area contributed by atoms with E-state index in [1.165, 1.54) is 19.3 Å². The summed E-state index contributed by atoms with van der Waals surface area (Å²) in [6.07, 6.45) is 6.52. The van der Waals surface area contributed by atoms with Gasteiger partial charge in [-0.25, -0.2) is 0 Å². The molecule has 0 saturated carbocycles. The van der Waals surface area contributed by atoms with E-state index in [0.717, 1.165) is 26.7 Å². The van der Waals surface area contributed by atoms with Crippen LogP contribution in [0.4, 0.5) is 0 Å². The number of hydrogen-bond acceptors (Lipinski definition) is 4. The molecule has 0 aromatic heterocycles. The standard InChI is InChI=1S/C10H20O2.2C2H4O2/c1-3-5-6-7-8-9-10(11)12-4-2;2*1-2(3)4/h3-9H2,1-2H3;2*1H3,(H,3,4). The molecule has 0 fully saturated rings. The van der Waals surface area contributed by atoms with Gasteiger partial charge in [0, 0.05) is 20.3 Å². The van der Waals surface area contributed by atoms with Crippen molar-refractivity contribution in [1.29, 1.82) is 0 Å². The third kappa shape index (κ3) is 55.1. The van der Waals surface area contributed by atoms with Gasteiger partial charge < -0.3 is 14.9 Å². The Hall–Kier alpha value is -1.59. The molecule has 0 atom stereocenters. The minimum absolute atomic E-state index is 0.0472. The van der Waals surface area contributed by atoms with Gasteiger partial charge in [0.1, 0.15) is 0 Å². The van der Waals surface area contributed by atoms with Crippen molar-refractivity contribution >= 4 is 17.9 Å². The van der Waals surface area contributed by atoms with Crippen molar-refractivity contribution in [2.75, 3.05) is 6.61 Å². The Labute approximate surface area is 121 Å². The zero-order valence-corrected chi connectivity index (χ0v) is 13.0. The van der Waals surface area contributed by atoms with Crippen LogP contribution >= 0.6 is 0 Å². The van der Waals surface area contributed by atoms with E-state index in [1.807, 2.05) is 6.92 Å². The van der Waals surface area contributed by atoms with E-state index in [9.17, 15) is 4.79 Å². The van der Waals surface area contributed by atoms with E-state index >= 15 is 0 Å². The second kappa shape index (κ2) is 19.7. The first-order valence-electron chi connectivity index (χ1n) is 6.82. The zero-order chi connectivity index (χ0) is 16.4. The van der Waals surface area contributed by atoms with Gasteiger partial charge in [-0.1, -0.05) is 32.6 Å². The molecule has 0 bridgehead atoms. The summed E-state index contributed by atoms with van der Waals surface area (Å²) >= 11 is 0. The molecule has 6 nitrogen and oxygen atoms in total. The van der Waals surface area contributed by atoms with Crippen molar-refractivity contribution in [3.8, 4) is 0 Å². The van der Waals surface area contributed by atoms with Crippen LogP contribution in [0.1, 0.15) is 66.2 Å². The lowest BCUT2D eigenvalue weighted by Gasteiger charge is -2.00. The van der Waals surface area contributed by atoms with E-state index in [2.05, 4.69) is 6.92 Å². The smallest absolute Gasteiger partial charge is 0.305 e. The number of carbonyl (C=O) groups is 3. The molecule has 120 valence electrons. The molecule has 0 unspecified atom stereocenters. The summed E-state index contributed by atoms with van der Waals surface area (Å²) in [5.41, 5.74) is 0. The maximum atomic E-state index is 10.9. The highest BCUT2D eigenvalue weighted by atomic mass is 16.5. The van der Waals surface area contributed by atoms with Crippen LogP contribution in [-0.4, -0.2) is 34.7 Å². The number of ether oxygens (including phenoxy) is 1. The quantitative estimate of drug-likeness (QED) is 0.552. The number of aliphatic carboxylic acids is 2. The van der Waals surface area contributed by atoms with Crippen LogP contribution in [0.5, 0.6) is 0 Å². The van der Waals surface area contributed by atoms with Crippen molar-refractivity contribution in [1.82, 2.24) is 0 Å². The van der Waals surface area contributed by atoms with Gasteiger partial charge in [-0.3, -0.25) is 14.4 Å². The molecule has 0 amide bonds. The maximum absolute atomic E-state index is 10.9. The normalized spacial score (nSPS) is 8.40. The second-order valence-corrected chi connectivity index (χ2v) is 4.01. The summed E-state index contributed by atoms with van der Waals surface area (Å²) < 4.78 is 4.81. The Kier molecular flexibility index (Phi) is 23.2. The van der Waals surface area contributed by atoms with Crippen LogP contribution in [0.25, 0.3) is 0 Å². The van der Waals surface area contributed by atoms with Gasteiger partial charge >= 0.3 is 5.97 Å². The Morgan fingerprint density at radius 3 is 1.60 bits per heavy atom. The topological polar surface area (TPSA) is 101 Å². The molecule has 0 aromatic rings. The summed E-state index contributed by atoms with van der Waals surface area (Å²) in [4.78, 5) is 28.9. The van der Waals surface area contributed by atoms with Gasteiger partial charge in [0.25, 0.3) is 11.9 Å². The van der Waals surface area contributed by atoms with E-state index in [1.54, 1.807) is 0 Å². The molecule has 0 aliphatic heterocycles. The Bertz CT molecular complexity index is 230. The van der Waals surface area contributed by atoms with Crippen LogP contribution in [0.2, 0.25) is 0 Å². The minimum atomic E-state index is -0.833. The zero-order valence-electron chi connectivity index (χ0n) is 13.0. The van der Waals surface area contributed by atoms with Crippen LogP contribution in [-0.2, 0) is 19.1 Å². The minimum Gasteiger partial charge on any atom is -0.481 e. The highest BCUT2D eigenvalue weighted by Gasteiger charge is 1.99. The van der Waals surface area contributed by atoms with Gasteiger partial charge in [-0.05, 0) is 13.3 Å². The fourth-order valence-corrected chi connectivity index (χ4v) is 1.11. The van der Waals surface area contributed by atoms with Crippen LogP contribution < -0.4 is 0 Å². The second-order valence-electron chi connectivity index (χ2n) is 4.01. The molecule has 6 heteroatoms. The summed E-state index contributed by atoms with van der Waals surface area (Å²) in [5, 5.41) is 14.8. The number of unbranched alkanes of at least 4 members (excludes halogenated alkanes) is 4. The molecule has 0 aromatic carbocycles. The average Bonchev–Trinajstić information content (AvgIpc) is 2.27. The largest absolute Gasteiger partial charge is 0.481 e. The molecular formula is C14H28O6. The Morgan fingerprint density at radius 2 is 1.25 bits per heavy atom. The number of hydrogen-bond donors (Lipinski definition) is 2. The first kappa shape index (κ1) is 23.5. The van der Waals surface area contributed by atoms with Gasteiger partial charge in [0.2, 0.25) is 0 Å². The van der Waals surface area contributed by atoms with Gasteiger partial charge in [0.15, 0.2) is 0 Å². The van der Waals surface area contributed by atoms with E-state index in [4.69, 9.17) is 24.5 Å². The van der Waals surface area contributed by atoms with Crippen LogP contribution in [0, 0.1) is 0 Å². The highest BCUT2D eigenvalue weighted by Crippen LogP contribution is 2.05.